The number of hydrogen-bond acceptors (Lipinski definition) is 2. The lowest BCUT2D eigenvalue weighted by Gasteiger charge is -2.22. The Morgan fingerprint density at radius 3 is 2.12 bits per heavy atom. The van der Waals surface area contributed by atoms with Gasteiger partial charge in [0, 0.05) is 18.8 Å². The first-order chi connectivity index (χ1) is 8.22. The number of aliphatic hydroxyl groups excluding tert-OH is 1. The first kappa shape index (κ1) is 13.5. The highest BCUT2D eigenvalue weighted by atomic mass is 16.3. The van der Waals surface area contributed by atoms with Crippen LogP contribution in [0.25, 0.3) is 0 Å². The molecular formula is C15H21NO. The zero-order valence-electron chi connectivity index (χ0n) is 10.5. The van der Waals surface area contributed by atoms with Gasteiger partial charge >= 0.3 is 0 Å². The predicted octanol–water partition coefficient (Wildman–Crippen LogP) is 3.31. The van der Waals surface area contributed by atoms with Crippen molar-refractivity contribution in [1.29, 1.82) is 0 Å². The van der Waals surface area contributed by atoms with E-state index in [0.717, 1.165) is 30.8 Å². The first-order valence-electron chi connectivity index (χ1n) is 5.97. The average molecular weight is 231 g/mol. The van der Waals surface area contributed by atoms with Gasteiger partial charge in [-0.25, -0.2) is 0 Å². The molecule has 2 nitrogen and oxygen atoms in total. The quantitative estimate of drug-likeness (QED) is 0.728. The average Bonchev–Trinajstić information content (AvgIpc) is 2.38. The van der Waals surface area contributed by atoms with Crippen molar-refractivity contribution in [3.63, 3.8) is 0 Å². The van der Waals surface area contributed by atoms with Gasteiger partial charge in [0.05, 0.1) is 6.10 Å². The summed E-state index contributed by atoms with van der Waals surface area (Å²) < 4.78 is 0. The molecule has 0 spiro atoms. The smallest absolute Gasteiger partial charge is 0.0787 e. The first-order valence-corrected chi connectivity index (χ1v) is 5.97. The monoisotopic (exact) mass is 231 g/mol. The minimum absolute atomic E-state index is 0.365. The number of aliphatic hydroxyl groups is 1. The lowest BCUT2D eigenvalue weighted by Crippen LogP contribution is -2.22. The molecule has 0 aliphatic rings. The van der Waals surface area contributed by atoms with Crippen LogP contribution in [-0.2, 0) is 0 Å². The number of rotatable bonds is 7. The van der Waals surface area contributed by atoms with Gasteiger partial charge in [-0.15, -0.1) is 13.2 Å². The molecule has 1 rings (SSSR count). The minimum Gasteiger partial charge on any atom is -0.388 e. The van der Waals surface area contributed by atoms with Crippen molar-refractivity contribution < 1.29 is 5.11 Å². The van der Waals surface area contributed by atoms with Gasteiger partial charge in [-0.2, -0.15) is 0 Å². The molecule has 0 amide bonds. The van der Waals surface area contributed by atoms with E-state index in [2.05, 4.69) is 18.1 Å². The maximum absolute atomic E-state index is 9.72. The third-order valence-corrected chi connectivity index (χ3v) is 2.73. The number of benzene rings is 1. The van der Waals surface area contributed by atoms with Crippen molar-refractivity contribution in [2.45, 2.75) is 19.4 Å². The van der Waals surface area contributed by atoms with E-state index in [-0.39, 0.29) is 6.10 Å². The molecule has 17 heavy (non-hydrogen) atoms. The Balaban J connectivity index is 2.83. The fraction of sp³-hybridized carbons (Fsp3) is 0.333. The summed E-state index contributed by atoms with van der Waals surface area (Å²) in [6.45, 7) is 11.1. The summed E-state index contributed by atoms with van der Waals surface area (Å²) >= 11 is 0. The summed E-state index contributed by atoms with van der Waals surface area (Å²) in [5.41, 5.74) is 2.09. The molecule has 2 heteroatoms. The van der Waals surface area contributed by atoms with Crippen LogP contribution in [0, 0.1) is 0 Å². The Morgan fingerprint density at radius 1 is 1.18 bits per heavy atom. The fourth-order valence-corrected chi connectivity index (χ4v) is 1.74. The molecule has 1 atom stereocenters. The number of anilines is 1. The Bertz CT molecular complexity index is 346. The van der Waals surface area contributed by atoms with Crippen LogP contribution < -0.4 is 4.90 Å². The highest BCUT2D eigenvalue weighted by Gasteiger charge is 2.06. The number of hydrogen-bond donors (Lipinski definition) is 1. The molecule has 0 aliphatic heterocycles. The van der Waals surface area contributed by atoms with E-state index in [1.165, 1.54) is 0 Å². The fourth-order valence-electron chi connectivity index (χ4n) is 1.74. The van der Waals surface area contributed by atoms with Crippen LogP contribution in [0.5, 0.6) is 0 Å². The highest BCUT2D eigenvalue weighted by Crippen LogP contribution is 2.21. The van der Waals surface area contributed by atoms with Gasteiger partial charge in [-0.05, 0) is 24.1 Å². The van der Waals surface area contributed by atoms with E-state index in [9.17, 15) is 5.11 Å². The lowest BCUT2D eigenvalue weighted by molar-refractivity contribution is 0.173. The van der Waals surface area contributed by atoms with E-state index in [0.29, 0.717) is 0 Å². The normalized spacial score (nSPS) is 11.9. The van der Waals surface area contributed by atoms with Gasteiger partial charge in [-0.3, -0.25) is 0 Å². The van der Waals surface area contributed by atoms with Crippen molar-refractivity contribution in [1.82, 2.24) is 0 Å². The molecule has 0 saturated heterocycles. The molecule has 1 aromatic carbocycles. The summed E-state index contributed by atoms with van der Waals surface area (Å²) in [6, 6.07) is 8.01. The molecular weight excluding hydrogens is 210 g/mol. The van der Waals surface area contributed by atoms with Crippen LogP contribution in [0.3, 0.4) is 0 Å². The summed E-state index contributed by atoms with van der Waals surface area (Å²) in [7, 11) is 0. The standard InChI is InChI=1S/C15H21NO/c1-4-11-16(12-5-2)14-9-7-13(8-10-14)15(17)6-3/h4-5,7-10,15,17H,1-2,6,11-12H2,3H3/t15-/m1/s1. The molecule has 0 radical (unpaired) electrons. The van der Waals surface area contributed by atoms with Crippen LogP contribution in [0.4, 0.5) is 5.69 Å². The number of nitrogens with zero attached hydrogens (tertiary/aromatic N) is 1. The second-order valence-electron chi connectivity index (χ2n) is 4.00. The van der Waals surface area contributed by atoms with Crippen molar-refractivity contribution in [2.24, 2.45) is 0 Å². The summed E-state index contributed by atoms with van der Waals surface area (Å²) in [5.74, 6) is 0. The molecule has 0 bridgehead atoms. The van der Waals surface area contributed by atoms with E-state index in [4.69, 9.17) is 0 Å². The Hall–Kier alpha value is -1.54. The van der Waals surface area contributed by atoms with Crippen LogP contribution >= 0.6 is 0 Å². The van der Waals surface area contributed by atoms with Gasteiger partial charge in [0.25, 0.3) is 0 Å². The Kier molecular flexibility index (Phi) is 5.50. The molecule has 0 heterocycles. The van der Waals surface area contributed by atoms with Gasteiger partial charge in [0.15, 0.2) is 0 Å². The maximum atomic E-state index is 9.72. The third kappa shape index (κ3) is 3.75. The molecule has 1 aromatic rings. The van der Waals surface area contributed by atoms with Crippen molar-refractivity contribution in [2.75, 3.05) is 18.0 Å². The summed E-state index contributed by atoms with van der Waals surface area (Å²) in [5, 5.41) is 9.72. The molecule has 0 saturated carbocycles. The van der Waals surface area contributed by atoms with E-state index >= 15 is 0 Å². The lowest BCUT2D eigenvalue weighted by atomic mass is 10.1. The van der Waals surface area contributed by atoms with Crippen molar-refractivity contribution in [3.8, 4) is 0 Å². The van der Waals surface area contributed by atoms with Crippen molar-refractivity contribution >= 4 is 5.69 Å². The largest absolute Gasteiger partial charge is 0.388 e. The Labute approximate surface area is 104 Å². The van der Waals surface area contributed by atoms with Crippen LogP contribution in [0.2, 0.25) is 0 Å². The second kappa shape index (κ2) is 6.92. The maximum Gasteiger partial charge on any atom is 0.0787 e. The van der Waals surface area contributed by atoms with Crippen LogP contribution in [-0.4, -0.2) is 18.2 Å². The minimum atomic E-state index is -0.365. The molecule has 0 aliphatic carbocycles. The summed E-state index contributed by atoms with van der Waals surface area (Å²) in [6.07, 6.45) is 4.12. The topological polar surface area (TPSA) is 23.5 Å². The molecule has 0 unspecified atom stereocenters. The zero-order chi connectivity index (χ0) is 12.7. The van der Waals surface area contributed by atoms with E-state index in [1.54, 1.807) is 0 Å². The SMILES string of the molecule is C=CCN(CC=C)c1ccc([C@H](O)CC)cc1. The third-order valence-electron chi connectivity index (χ3n) is 2.73. The van der Waals surface area contributed by atoms with E-state index < -0.39 is 0 Å². The highest BCUT2D eigenvalue weighted by molar-refractivity contribution is 5.49. The molecule has 92 valence electrons. The van der Waals surface area contributed by atoms with Gasteiger partial charge in [-0.1, -0.05) is 31.2 Å². The van der Waals surface area contributed by atoms with Gasteiger partial charge in [0.1, 0.15) is 0 Å². The molecule has 0 fully saturated rings. The Morgan fingerprint density at radius 2 is 1.71 bits per heavy atom. The zero-order valence-corrected chi connectivity index (χ0v) is 10.5. The van der Waals surface area contributed by atoms with Gasteiger partial charge in [0.2, 0.25) is 0 Å². The van der Waals surface area contributed by atoms with Gasteiger partial charge < -0.3 is 10.0 Å². The van der Waals surface area contributed by atoms with Crippen LogP contribution in [0.1, 0.15) is 25.0 Å². The predicted molar refractivity (Wildman–Crippen MR) is 74.3 cm³/mol. The molecule has 1 N–H and O–H groups in total. The van der Waals surface area contributed by atoms with Crippen molar-refractivity contribution in [3.05, 3.63) is 55.1 Å². The van der Waals surface area contributed by atoms with Crippen LogP contribution in [0.15, 0.2) is 49.6 Å². The second-order valence-corrected chi connectivity index (χ2v) is 4.00. The summed E-state index contributed by atoms with van der Waals surface area (Å²) in [4.78, 5) is 2.17. The molecule has 0 aromatic heterocycles. The van der Waals surface area contributed by atoms with E-state index in [1.807, 2.05) is 43.3 Å².